The van der Waals surface area contributed by atoms with Crippen LogP contribution in [0.3, 0.4) is 0 Å². The highest BCUT2D eigenvalue weighted by molar-refractivity contribution is 5.18. The van der Waals surface area contributed by atoms with Crippen molar-refractivity contribution >= 4 is 6.79 Å². The third-order valence-electron chi connectivity index (χ3n) is 2.10. The number of hydrogen-bond acceptors (Lipinski definition) is 3. The van der Waals surface area contributed by atoms with Gasteiger partial charge in [-0.15, -0.1) is 0 Å². The molecule has 1 N–H and O–H groups in total. The van der Waals surface area contributed by atoms with Gasteiger partial charge in [-0.05, 0) is 5.56 Å². The fourth-order valence-corrected chi connectivity index (χ4v) is 1.45. The van der Waals surface area contributed by atoms with Crippen molar-refractivity contribution in [2.45, 2.75) is 6.10 Å². The summed E-state index contributed by atoms with van der Waals surface area (Å²) in [6, 6.07) is 10.3. The maximum Gasteiger partial charge on any atom is 0.106 e. The van der Waals surface area contributed by atoms with Gasteiger partial charge in [0.1, 0.15) is 6.79 Å². The van der Waals surface area contributed by atoms with Gasteiger partial charge in [0.2, 0.25) is 0 Å². The molecule has 0 amide bonds. The molecular formula is C11H15NO2. The summed E-state index contributed by atoms with van der Waals surface area (Å²) >= 11 is 0. The highest BCUT2D eigenvalue weighted by Gasteiger charge is 2.14. The maximum absolute atomic E-state index is 8.00. The molecule has 3 heteroatoms. The number of carbonyl (C=O) groups is 1. The molecule has 0 radical (unpaired) electrons. The minimum Gasteiger partial charge on any atom is -0.371 e. The van der Waals surface area contributed by atoms with Crippen molar-refractivity contribution < 1.29 is 9.53 Å². The molecule has 1 aromatic carbocycles. The molecule has 1 aromatic rings. The minimum atomic E-state index is 0.250. The molecule has 2 rings (SSSR count). The molecule has 1 atom stereocenters. The third-order valence-corrected chi connectivity index (χ3v) is 2.10. The number of morpholine rings is 1. The first-order valence-electron chi connectivity index (χ1n) is 4.63. The molecule has 1 saturated heterocycles. The lowest BCUT2D eigenvalue weighted by molar-refractivity contribution is -0.0979. The first-order valence-corrected chi connectivity index (χ1v) is 4.63. The zero-order valence-corrected chi connectivity index (χ0v) is 8.11. The minimum absolute atomic E-state index is 0.250. The Balaban J connectivity index is 0.000000461. The Morgan fingerprint density at radius 2 is 2.00 bits per heavy atom. The maximum atomic E-state index is 8.00. The number of hydrogen-bond donors (Lipinski definition) is 1. The summed E-state index contributed by atoms with van der Waals surface area (Å²) in [6.45, 7) is 4.73. The lowest BCUT2D eigenvalue weighted by Gasteiger charge is -2.23. The van der Waals surface area contributed by atoms with Crippen LogP contribution in [0.5, 0.6) is 0 Å². The highest BCUT2D eigenvalue weighted by Crippen LogP contribution is 2.17. The van der Waals surface area contributed by atoms with Gasteiger partial charge >= 0.3 is 0 Å². The Morgan fingerprint density at radius 3 is 2.57 bits per heavy atom. The van der Waals surface area contributed by atoms with Crippen LogP contribution < -0.4 is 5.32 Å². The normalized spacial score (nSPS) is 20.7. The van der Waals surface area contributed by atoms with Crippen LogP contribution in [-0.4, -0.2) is 26.5 Å². The van der Waals surface area contributed by atoms with E-state index in [1.807, 2.05) is 25.0 Å². The van der Waals surface area contributed by atoms with E-state index >= 15 is 0 Å². The van der Waals surface area contributed by atoms with Gasteiger partial charge in [-0.25, -0.2) is 0 Å². The van der Waals surface area contributed by atoms with Crippen molar-refractivity contribution in [1.29, 1.82) is 0 Å². The molecule has 0 saturated carbocycles. The van der Waals surface area contributed by atoms with E-state index < -0.39 is 0 Å². The smallest absolute Gasteiger partial charge is 0.106 e. The van der Waals surface area contributed by atoms with Crippen LogP contribution >= 0.6 is 0 Å². The van der Waals surface area contributed by atoms with E-state index in [0.29, 0.717) is 0 Å². The van der Waals surface area contributed by atoms with Gasteiger partial charge in [-0.3, -0.25) is 0 Å². The predicted molar refractivity (Wildman–Crippen MR) is 55.1 cm³/mol. The van der Waals surface area contributed by atoms with Crippen LogP contribution in [0.25, 0.3) is 0 Å². The van der Waals surface area contributed by atoms with Crippen molar-refractivity contribution in [2.24, 2.45) is 0 Å². The number of benzene rings is 1. The zero-order chi connectivity index (χ0) is 10.2. The topological polar surface area (TPSA) is 38.3 Å². The van der Waals surface area contributed by atoms with Crippen molar-refractivity contribution in [3.05, 3.63) is 35.9 Å². The molecule has 0 aliphatic carbocycles. The van der Waals surface area contributed by atoms with Crippen LogP contribution in [-0.2, 0) is 9.53 Å². The number of nitrogens with one attached hydrogen (secondary N) is 1. The van der Waals surface area contributed by atoms with E-state index in [9.17, 15) is 0 Å². The second-order valence-electron chi connectivity index (χ2n) is 2.97. The third kappa shape index (κ3) is 2.94. The van der Waals surface area contributed by atoms with Gasteiger partial charge in [0, 0.05) is 13.1 Å². The molecule has 1 aliphatic rings. The largest absolute Gasteiger partial charge is 0.371 e. The van der Waals surface area contributed by atoms with Crippen molar-refractivity contribution in [1.82, 2.24) is 5.32 Å². The summed E-state index contributed by atoms with van der Waals surface area (Å²) in [6.07, 6.45) is 0.250. The monoisotopic (exact) mass is 193 g/mol. The first-order chi connectivity index (χ1) is 6.97. The molecule has 3 nitrogen and oxygen atoms in total. The Morgan fingerprint density at radius 1 is 1.29 bits per heavy atom. The summed E-state index contributed by atoms with van der Waals surface area (Å²) < 4.78 is 5.60. The molecule has 14 heavy (non-hydrogen) atoms. The highest BCUT2D eigenvalue weighted by atomic mass is 16.5. The van der Waals surface area contributed by atoms with E-state index in [2.05, 4.69) is 17.4 Å². The molecule has 1 unspecified atom stereocenters. The van der Waals surface area contributed by atoms with Gasteiger partial charge < -0.3 is 14.8 Å². The summed E-state index contributed by atoms with van der Waals surface area (Å²) in [5.41, 5.74) is 1.27. The van der Waals surface area contributed by atoms with Gasteiger partial charge in [0.05, 0.1) is 12.7 Å². The average molecular weight is 193 g/mol. The average Bonchev–Trinajstić information content (AvgIpc) is 2.34. The molecule has 1 aliphatic heterocycles. The molecule has 0 aromatic heterocycles. The fourth-order valence-electron chi connectivity index (χ4n) is 1.45. The Hall–Kier alpha value is -1.19. The van der Waals surface area contributed by atoms with Gasteiger partial charge in [-0.1, -0.05) is 30.3 Å². The van der Waals surface area contributed by atoms with Crippen LogP contribution in [0.1, 0.15) is 11.7 Å². The van der Waals surface area contributed by atoms with Crippen LogP contribution in [0.2, 0.25) is 0 Å². The number of rotatable bonds is 1. The van der Waals surface area contributed by atoms with Crippen molar-refractivity contribution in [3.63, 3.8) is 0 Å². The van der Waals surface area contributed by atoms with E-state index in [1.165, 1.54) is 5.56 Å². The standard InChI is InChI=1S/C10H13NO.CH2O/c1-2-4-9(5-3-1)10-8-11-6-7-12-10;1-2/h1-5,10-11H,6-8H2;1H2. The number of carbonyl (C=O) groups excluding carboxylic acids is 1. The first kappa shape index (κ1) is 10.9. The van der Waals surface area contributed by atoms with Crippen LogP contribution in [0, 0.1) is 0 Å². The Bertz CT molecular complexity index is 245. The molecule has 1 fully saturated rings. The molecule has 0 bridgehead atoms. The zero-order valence-electron chi connectivity index (χ0n) is 8.11. The van der Waals surface area contributed by atoms with E-state index in [4.69, 9.17) is 9.53 Å². The fraction of sp³-hybridized carbons (Fsp3) is 0.364. The van der Waals surface area contributed by atoms with Gasteiger partial charge in [0.25, 0.3) is 0 Å². The second kappa shape index (κ2) is 6.29. The SMILES string of the molecule is C=O.c1ccc(C2CNCCO2)cc1. The summed E-state index contributed by atoms with van der Waals surface area (Å²) in [7, 11) is 0. The molecule has 76 valence electrons. The Kier molecular flexibility index (Phi) is 4.89. The van der Waals surface area contributed by atoms with E-state index in [0.717, 1.165) is 19.7 Å². The van der Waals surface area contributed by atoms with E-state index in [-0.39, 0.29) is 6.10 Å². The quantitative estimate of drug-likeness (QED) is 0.727. The Labute approximate surface area is 84.1 Å². The summed E-state index contributed by atoms with van der Waals surface area (Å²) in [5, 5.41) is 3.31. The van der Waals surface area contributed by atoms with Gasteiger partial charge in [0.15, 0.2) is 0 Å². The van der Waals surface area contributed by atoms with E-state index in [1.54, 1.807) is 0 Å². The molecular weight excluding hydrogens is 178 g/mol. The number of ether oxygens (including phenoxy) is 1. The predicted octanol–water partition coefficient (Wildman–Crippen LogP) is 1.16. The van der Waals surface area contributed by atoms with Gasteiger partial charge in [-0.2, -0.15) is 0 Å². The van der Waals surface area contributed by atoms with Crippen LogP contribution in [0.4, 0.5) is 0 Å². The lowest BCUT2D eigenvalue weighted by atomic mass is 10.1. The molecule has 0 spiro atoms. The van der Waals surface area contributed by atoms with Crippen molar-refractivity contribution in [2.75, 3.05) is 19.7 Å². The van der Waals surface area contributed by atoms with Crippen molar-refractivity contribution in [3.8, 4) is 0 Å². The summed E-state index contributed by atoms with van der Waals surface area (Å²) in [4.78, 5) is 8.00. The second-order valence-corrected chi connectivity index (χ2v) is 2.97. The van der Waals surface area contributed by atoms with Crippen LogP contribution in [0.15, 0.2) is 30.3 Å². The summed E-state index contributed by atoms with van der Waals surface area (Å²) in [5.74, 6) is 0. The lowest BCUT2D eigenvalue weighted by Crippen LogP contribution is -2.33. The molecule has 1 heterocycles.